The van der Waals surface area contributed by atoms with Crippen LogP contribution in [0.4, 0.5) is 0 Å². The summed E-state index contributed by atoms with van der Waals surface area (Å²) >= 11 is 0. The standard InChI is InChI=1S/C14H20O4/c1-17-14(18-2)12(16)9-3-5-13(14)6-4-11(15)8-10(13)7-9/h3,5,9-11,15H,4,6-8H2,1-2H3/t9-,10?,11+,13-/m1/s1. The first kappa shape index (κ1) is 12.3. The Bertz CT molecular complexity index is 399. The van der Waals surface area contributed by atoms with Gasteiger partial charge in [-0.1, -0.05) is 12.2 Å². The highest BCUT2D eigenvalue weighted by atomic mass is 16.7. The summed E-state index contributed by atoms with van der Waals surface area (Å²) < 4.78 is 11.1. The van der Waals surface area contributed by atoms with Crippen molar-refractivity contribution in [3.8, 4) is 0 Å². The lowest BCUT2D eigenvalue weighted by molar-refractivity contribution is -0.284. The molecule has 0 aliphatic heterocycles. The number of carbonyl (C=O) groups is 1. The van der Waals surface area contributed by atoms with Gasteiger partial charge in [0.15, 0.2) is 5.78 Å². The van der Waals surface area contributed by atoms with Crippen LogP contribution < -0.4 is 0 Å². The molecule has 0 aromatic carbocycles. The monoisotopic (exact) mass is 252 g/mol. The van der Waals surface area contributed by atoms with Crippen molar-refractivity contribution in [1.29, 1.82) is 0 Å². The van der Waals surface area contributed by atoms with Crippen molar-refractivity contribution in [2.75, 3.05) is 14.2 Å². The van der Waals surface area contributed by atoms with Gasteiger partial charge in [-0.05, 0) is 31.6 Å². The molecule has 1 N–H and O–H groups in total. The van der Waals surface area contributed by atoms with Gasteiger partial charge in [0.1, 0.15) is 0 Å². The first-order valence-electron chi connectivity index (χ1n) is 6.61. The topological polar surface area (TPSA) is 55.8 Å². The maximum absolute atomic E-state index is 12.5. The molecule has 2 fully saturated rings. The van der Waals surface area contributed by atoms with Gasteiger partial charge in [0.25, 0.3) is 0 Å². The Hall–Kier alpha value is -0.710. The summed E-state index contributed by atoms with van der Waals surface area (Å²) in [6, 6.07) is 0. The molecule has 2 saturated carbocycles. The fourth-order valence-corrected chi connectivity index (χ4v) is 4.34. The van der Waals surface area contributed by atoms with Crippen LogP contribution in [0, 0.1) is 17.3 Å². The molecule has 0 radical (unpaired) electrons. The number of fused-ring (bicyclic) bond motifs is 1. The van der Waals surface area contributed by atoms with Gasteiger partial charge in [0, 0.05) is 20.1 Å². The van der Waals surface area contributed by atoms with E-state index in [1.165, 1.54) is 0 Å². The summed E-state index contributed by atoms with van der Waals surface area (Å²) in [5, 5.41) is 9.86. The number of hydrogen-bond acceptors (Lipinski definition) is 4. The lowest BCUT2D eigenvalue weighted by Gasteiger charge is -2.59. The number of rotatable bonds is 2. The summed E-state index contributed by atoms with van der Waals surface area (Å²) in [7, 11) is 3.10. The highest BCUT2D eigenvalue weighted by molar-refractivity contribution is 5.93. The van der Waals surface area contributed by atoms with Crippen molar-refractivity contribution < 1.29 is 19.4 Å². The number of allylic oxidation sites excluding steroid dienone is 1. The van der Waals surface area contributed by atoms with Crippen LogP contribution in [0.1, 0.15) is 25.7 Å². The van der Waals surface area contributed by atoms with E-state index in [2.05, 4.69) is 6.08 Å². The van der Waals surface area contributed by atoms with Crippen LogP contribution >= 0.6 is 0 Å². The molecule has 4 aliphatic carbocycles. The van der Waals surface area contributed by atoms with Crippen LogP contribution in [-0.4, -0.2) is 37.0 Å². The maximum Gasteiger partial charge on any atom is 0.238 e. The van der Waals surface area contributed by atoms with Crippen molar-refractivity contribution in [3.05, 3.63) is 12.2 Å². The molecule has 0 aromatic heterocycles. The molecule has 0 saturated heterocycles. The lowest BCUT2D eigenvalue weighted by atomic mass is 9.50. The SMILES string of the molecule is COC1(OC)C(=O)[C@@H]2C=C[C@]13CC[C@H](O)CC3C2. The van der Waals surface area contributed by atoms with E-state index in [1.54, 1.807) is 14.2 Å². The van der Waals surface area contributed by atoms with Crippen LogP contribution in [0.25, 0.3) is 0 Å². The second kappa shape index (κ2) is 3.89. The molecule has 0 aromatic rings. The molecule has 0 amide bonds. The Morgan fingerprint density at radius 1 is 1.33 bits per heavy atom. The minimum atomic E-state index is -1.14. The van der Waals surface area contributed by atoms with E-state index in [0.717, 1.165) is 19.3 Å². The Morgan fingerprint density at radius 3 is 2.72 bits per heavy atom. The van der Waals surface area contributed by atoms with E-state index < -0.39 is 5.79 Å². The van der Waals surface area contributed by atoms with Crippen molar-refractivity contribution in [1.82, 2.24) is 0 Å². The third kappa shape index (κ3) is 1.23. The van der Waals surface area contributed by atoms with E-state index in [-0.39, 0.29) is 29.1 Å². The van der Waals surface area contributed by atoms with Crippen LogP contribution in [0.15, 0.2) is 12.2 Å². The molecule has 0 heterocycles. The molecule has 1 spiro atoms. The first-order valence-corrected chi connectivity index (χ1v) is 6.61. The summed E-state index contributed by atoms with van der Waals surface area (Å²) in [5.74, 6) is -0.950. The average molecular weight is 252 g/mol. The first-order chi connectivity index (χ1) is 8.59. The van der Waals surface area contributed by atoms with Gasteiger partial charge in [0.05, 0.1) is 11.5 Å². The molecule has 1 unspecified atom stereocenters. The van der Waals surface area contributed by atoms with E-state index >= 15 is 0 Å². The van der Waals surface area contributed by atoms with Gasteiger partial charge in [-0.2, -0.15) is 0 Å². The van der Waals surface area contributed by atoms with E-state index in [9.17, 15) is 9.90 Å². The number of hydrogen-bond donors (Lipinski definition) is 1. The minimum absolute atomic E-state index is 0.0441. The van der Waals surface area contributed by atoms with E-state index in [4.69, 9.17) is 9.47 Å². The lowest BCUT2D eigenvalue weighted by Crippen LogP contribution is -2.67. The van der Waals surface area contributed by atoms with Gasteiger partial charge in [-0.25, -0.2) is 0 Å². The van der Waals surface area contributed by atoms with Crippen LogP contribution in [0.5, 0.6) is 0 Å². The second-order valence-corrected chi connectivity index (χ2v) is 5.76. The number of ether oxygens (including phenoxy) is 2. The molecule has 2 bridgehead atoms. The molecule has 4 aliphatic rings. The number of carbonyl (C=O) groups excluding carboxylic acids is 1. The van der Waals surface area contributed by atoms with Gasteiger partial charge >= 0.3 is 0 Å². The van der Waals surface area contributed by atoms with Crippen molar-refractivity contribution in [2.24, 2.45) is 17.3 Å². The molecular formula is C14H20O4. The third-order valence-corrected chi connectivity index (χ3v) is 5.19. The Balaban J connectivity index is 2.11. The normalized spacial score (nSPS) is 45.1. The quantitative estimate of drug-likeness (QED) is 0.594. The summed E-state index contributed by atoms with van der Waals surface area (Å²) in [6.07, 6.45) is 6.88. The highest BCUT2D eigenvalue weighted by Gasteiger charge is 2.67. The second-order valence-electron chi connectivity index (χ2n) is 5.76. The molecule has 18 heavy (non-hydrogen) atoms. The highest BCUT2D eigenvalue weighted by Crippen LogP contribution is 2.61. The Labute approximate surface area is 107 Å². The number of aliphatic hydroxyl groups is 1. The van der Waals surface area contributed by atoms with Crippen molar-refractivity contribution >= 4 is 5.78 Å². The molecule has 100 valence electrons. The predicted octanol–water partition coefficient (Wildman–Crippen LogP) is 1.28. The molecule has 4 rings (SSSR count). The number of aliphatic hydroxyl groups excluding tert-OH is 1. The molecule has 4 atom stereocenters. The summed E-state index contributed by atoms with van der Waals surface area (Å²) in [6.45, 7) is 0. The zero-order valence-corrected chi connectivity index (χ0v) is 10.9. The van der Waals surface area contributed by atoms with Gasteiger partial charge in [0.2, 0.25) is 5.79 Å². The van der Waals surface area contributed by atoms with Crippen molar-refractivity contribution in [2.45, 2.75) is 37.6 Å². The summed E-state index contributed by atoms with van der Waals surface area (Å²) in [5.41, 5.74) is -0.387. The zero-order chi connectivity index (χ0) is 13.0. The minimum Gasteiger partial charge on any atom is -0.393 e. The Kier molecular flexibility index (Phi) is 2.66. The molecular weight excluding hydrogens is 232 g/mol. The smallest absolute Gasteiger partial charge is 0.238 e. The number of methoxy groups -OCH3 is 2. The molecule has 4 nitrogen and oxygen atoms in total. The van der Waals surface area contributed by atoms with Gasteiger partial charge in [-0.3, -0.25) is 4.79 Å². The van der Waals surface area contributed by atoms with E-state index in [0.29, 0.717) is 6.42 Å². The fraction of sp³-hybridized carbons (Fsp3) is 0.786. The third-order valence-electron chi connectivity index (χ3n) is 5.19. The summed E-state index contributed by atoms with van der Waals surface area (Å²) in [4.78, 5) is 12.5. The Morgan fingerprint density at radius 2 is 2.06 bits per heavy atom. The van der Waals surface area contributed by atoms with E-state index in [1.807, 2.05) is 6.08 Å². The zero-order valence-electron chi connectivity index (χ0n) is 10.9. The van der Waals surface area contributed by atoms with Crippen LogP contribution in [0.2, 0.25) is 0 Å². The van der Waals surface area contributed by atoms with Crippen molar-refractivity contribution in [3.63, 3.8) is 0 Å². The van der Waals surface area contributed by atoms with Crippen LogP contribution in [-0.2, 0) is 14.3 Å². The number of Topliss-reactive ketones (excluding diaryl/α,β-unsaturated/α-hetero) is 1. The van der Waals surface area contributed by atoms with Gasteiger partial charge < -0.3 is 14.6 Å². The number of ketones is 1. The fourth-order valence-electron chi connectivity index (χ4n) is 4.34. The van der Waals surface area contributed by atoms with Gasteiger partial charge in [-0.15, -0.1) is 0 Å². The largest absolute Gasteiger partial charge is 0.393 e. The van der Waals surface area contributed by atoms with Crippen LogP contribution in [0.3, 0.4) is 0 Å². The average Bonchev–Trinajstić information content (AvgIpc) is 2.39. The maximum atomic E-state index is 12.5. The predicted molar refractivity (Wildman–Crippen MR) is 64.8 cm³/mol. The molecule has 4 heteroatoms.